The van der Waals surface area contributed by atoms with E-state index in [2.05, 4.69) is 15.9 Å². The van der Waals surface area contributed by atoms with Gasteiger partial charge in [0.2, 0.25) is 0 Å². The Morgan fingerprint density at radius 3 is 2.54 bits per heavy atom. The first-order valence-electron chi connectivity index (χ1n) is 3.80. The van der Waals surface area contributed by atoms with Crippen LogP contribution in [0.5, 0.6) is 0 Å². The summed E-state index contributed by atoms with van der Waals surface area (Å²) in [6.45, 7) is 1.69. The Morgan fingerprint density at radius 1 is 1.46 bits per heavy atom. The minimum absolute atomic E-state index is 0. The molecule has 0 fully saturated rings. The van der Waals surface area contributed by atoms with E-state index >= 15 is 0 Å². The van der Waals surface area contributed by atoms with Crippen molar-refractivity contribution in [2.75, 3.05) is 0 Å². The van der Waals surface area contributed by atoms with Gasteiger partial charge in [-0.15, -0.1) is 12.4 Å². The summed E-state index contributed by atoms with van der Waals surface area (Å²) < 4.78 is 0.983. The molecular formula is C9H13BrClNO. The molecular weight excluding hydrogens is 253 g/mol. The highest BCUT2D eigenvalue weighted by Gasteiger charge is 2.11. The molecule has 0 heterocycles. The highest BCUT2D eigenvalue weighted by molar-refractivity contribution is 9.10. The second kappa shape index (κ2) is 5.60. The first-order valence-corrected chi connectivity index (χ1v) is 4.59. The topological polar surface area (TPSA) is 46.2 Å². The number of benzene rings is 1. The van der Waals surface area contributed by atoms with Gasteiger partial charge in [-0.1, -0.05) is 28.1 Å². The van der Waals surface area contributed by atoms with Crippen LogP contribution in [0.15, 0.2) is 28.7 Å². The molecule has 0 saturated heterocycles. The van der Waals surface area contributed by atoms with Crippen LogP contribution < -0.4 is 5.73 Å². The van der Waals surface area contributed by atoms with E-state index in [0.29, 0.717) is 0 Å². The number of hydrogen-bond donors (Lipinski definition) is 2. The molecule has 0 aliphatic rings. The highest BCUT2D eigenvalue weighted by atomic mass is 79.9. The van der Waals surface area contributed by atoms with Crippen LogP contribution in [0.25, 0.3) is 0 Å². The third kappa shape index (κ3) is 3.65. The Balaban J connectivity index is 0.00000144. The molecule has 0 unspecified atom stereocenters. The molecule has 0 aliphatic heterocycles. The van der Waals surface area contributed by atoms with Crippen LogP contribution >= 0.6 is 28.3 Å². The quantitative estimate of drug-likeness (QED) is 0.862. The lowest BCUT2D eigenvalue weighted by Gasteiger charge is -2.14. The van der Waals surface area contributed by atoms with Gasteiger partial charge in [0, 0.05) is 4.47 Å². The summed E-state index contributed by atoms with van der Waals surface area (Å²) in [6, 6.07) is 7.35. The fraction of sp³-hybridized carbons (Fsp3) is 0.333. The molecule has 0 bridgehead atoms. The van der Waals surface area contributed by atoms with E-state index < -0.39 is 6.10 Å². The second-order valence-electron chi connectivity index (χ2n) is 2.82. The lowest BCUT2D eigenvalue weighted by atomic mass is 10.0. The van der Waals surface area contributed by atoms with E-state index in [9.17, 15) is 5.11 Å². The van der Waals surface area contributed by atoms with Crippen molar-refractivity contribution in [2.24, 2.45) is 5.73 Å². The van der Waals surface area contributed by atoms with Crippen LogP contribution in [0.2, 0.25) is 0 Å². The molecule has 13 heavy (non-hydrogen) atoms. The number of hydrogen-bond acceptors (Lipinski definition) is 2. The van der Waals surface area contributed by atoms with Gasteiger partial charge in [0.15, 0.2) is 0 Å². The number of aliphatic hydroxyl groups excluding tert-OH is 1. The monoisotopic (exact) mass is 265 g/mol. The maximum atomic E-state index is 9.22. The molecule has 0 amide bonds. The van der Waals surface area contributed by atoms with Gasteiger partial charge in [0.25, 0.3) is 0 Å². The van der Waals surface area contributed by atoms with E-state index in [1.807, 2.05) is 24.3 Å². The highest BCUT2D eigenvalue weighted by Crippen LogP contribution is 2.18. The summed E-state index contributed by atoms with van der Waals surface area (Å²) in [5.74, 6) is 0. The van der Waals surface area contributed by atoms with Gasteiger partial charge in [-0.2, -0.15) is 0 Å². The predicted octanol–water partition coefficient (Wildman–Crippen LogP) is 2.25. The molecule has 3 N–H and O–H groups in total. The Labute approximate surface area is 92.7 Å². The van der Waals surface area contributed by atoms with Crippen molar-refractivity contribution in [3.8, 4) is 0 Å². The Bertz CT molecular complexity index is 268. The second-order valence-corrected chi connectivity index (χ2v) is 3.74. The van der Waals surface area contributed by atoms with Crippen molar-refractivity contribution in [2.45, 2.75) is 19.1 Å². The van der Waals surface area contributed by atoms with Crippen LogP contribution in [-0.2, 0) is 0 Å². The lowest BCUT2D eigenvalue weighted by molar-refractivity contribution is 0.164. The van der Waals surface area contributed by atoms with Crippen molar-refractivity contribution in [3.63, 3.8) is 0 Å². The van der Waals surface area contributed by atoms with E-state index in [1.54, 1.807) is 6.92 Å². The maximum Gasteiger partial charge on any atom is 0.0704 e. The van der Waals surface area contributed by atoms with Crippen LogP contribution in [0.4, 0.5) is 0 Å². The number of aliphatic hydroxyl groups is 1. The normalized spacial score (nSPS) is 14.5. The number of rotatable bonds is 2. The number of nitrogens with two attached hydrogens (primary N) is 1. The van der Waals surface area contributed by atoms with E-state index in [-0.39, 0.29) is 18.4 Å². The molecule has 2 nitrogen and oxygen atoms in total. The summed E-state index contributed by atoms with van der Waals surface area (Å²) >= 11 is 3.34. The smallest absolute Gasteiger partial charge is 0.0704 e. The molecule has 74 valence electrons. The standard InChI is InChI=1S/C9H12BrNO.ClH/c1-6(12)9(11)7-3-2-4-8(10)5-7;/h2-6,9,12H,11H2,1H3;1H/t6-,9-;/m1./s1. The summed E-state index contributed by atoms with van der Waals surface area (Å²) in [7, 11) is 0. The fourth-order valence-corrected chi connectivity index (χ4v) is 1.41. The van der Waals surface area contributed by atoms with Crippen molar-refractivity contribution in [3.05, 3.63) is 34.3 Å². The van der Waals surface area contributed by atoms with Crippen molar-refractivity contribution in [1.29, 1.82) is 0 Å². The van der Waals surface area contributed by atoms with Crippen LogP contribution in [0.1, 0.15) is 18.5 Å². The zero-order chi connectivity index (χ0) is 9.14. The number of halogens is 2. The third-order valence-electron chi connectivity index (χ3n) is 1.75. The average Bonchev–Trinajstić information content (AvgIpc) is 2.03. The Morgan fingerprint density at radius 2 is 2.08 bits per heavy atom. The molecule has 2 atom stereocenters. The molecule has 1 rings (SSSR count). The molecule has 1 aromatic rings. The first-order chi connectivity index (χ1) is 5.61. The van der Waals surface area contributed by atoms with Gasteiger partial charge in [0.05, 0.1) is 12.1 Å². The van der Waals surface area contributed by atoms with Crippen molar-refractivity contribution < 1.29 is 5.11 Å². The van der Waals surface area contributed by atoms with Gasteiger partial charge in [-0.25, -0.2) is 0 Å². The van der Waals surface area contributed by atoms with Crippen molar-refractivity contribution >= 4 is 28.3 Å². The average molecular weight is 267 g/mol. The van der Waals surface area contributed by atoms with E-state index in [1.165, 1.54) is 0 Å². The van der Waals surface area contributed by atoms with E-state index in [0.717, 1.165) is 10.0 Å². The van der Waals surface area contributed by atoms with Crippen LogP contribution in [0, 0.1) is 0 Å². The summed E-state index contributed by atoms with van der Waals surface area (Å²) in [4.78, 5) is 0. The van der Waals surface area contributed by atoms with Gasteiger partial charge in [-0.3, -0.25) is 0 Å². The molecule has 4 heteroatoms. The predicted molar refractivity (Wildman–Crippen MR) is 60.0 cm³/mol. The van der Waals surface area contributed by atoms with E-state index in [4.69, 9.17) is 5.73 Å². The van der Waals surface area contributed by atoms with Crippen molar-refractivity contribution in [1.82, 2.24) is 0 Å². The largest absolute Gasteiger partial charge is 0.391 e. The van der Waals surface area contributed by atoms with Crippen LogP contribution in [-0.4, -0.2) is 11.2 Å². The van der Waals surface area contributed by atoms with Gasteiger partial charge >= 0.3 is 0 Å². The summed E-state index contributed by atoms with van der Waals surface area (Å²) in [6.07, 6.45) is -0.515. The van der Waals surface area contributed by atoms with Crippen LogP contribution in [0.3, 0.4) is 0 Å². The Kier molecular flexibility index (Phi) is 5.56. The fourth-order valence-electron chi connectivity index (χ4n) is 0.992. The molecule has 1 aromatic carbocycles. The van der Waals surface area contributed by atoms with Gasteiger partial charge < -0.3 is 10.8 Å². The molecule has 0 saturated carbocycles. The van der Waals surface area contributed by atoms with Gasteiger partial charge in [0.1, 0.15) is 0 Å². The zero-order valence-corrected chi connectivity index (χ0v) is 9.68. The summed E-state index contributed by atoms with van der Waals surface area (Å²) in [5.41, 5.74) is 6.68. The minimum atomic E-state index is -0.515. The zero-order valence-electron chi connectivity index (χ0n) is 7.27. The molecule has 0 aliphatic carbocycles. The third-order valence-corrected chi connectivity index (χ3v) is 2.25. The minimum Gasteiger partial charge on any atom is -0.391 e. The SMILES string of the molecule is C[C@@H](O)[C@@H](N)c1cccc(Br)c1.Cl. The molecule has 0 spiro atoms. The molecule has 0 aromatic heterocycles. The Hall–Kier alpha value is -0.0900. The summed E-state index contributed by atoms with van der Waals surface area (Å²) in [5, 5.41) is 9.22. The lowest BCUT2D eigenvalue weighted by Crippen LogP contribution is -2.22. The molecule has 0 radical (unpaired) electrons. The maximum absolute atomic E-state index is 9.22. The first kappa shape index (κ1) is 12.9. The van der Waals surface area contributed by atoms with Gasteiger partial charge in [-0.05, 0) is 24.6 Å².